The summed E-state index contributed by atoms with van der Waals surface area (Å²) in [5.74, 6) is -0.864. The predicted octanol–water partition coefficient (Wildman–Crippen LogP) is 1.60. The normalized spacial score (nSPS) is 18.6. The van der Waals surface area contributed by atoms with Crippen molar-refractivity contribution in [1.29, 1.82) is 0 Å². The third-order valence-corrected chi connectivity index (χ3v) is 4.98. The average molecular weight is 310 g/mol. The molecule has 0 saturated carbocycles. The smallest absolute Gasteiger partial charge is 0.335 e. The van der Waals surface area contributed by atoms with Crippen molar-refractivity contribution < 1.29 is 18.3 Å². The number of rotatable bonds is 5. The summed E-state index contributed by atoms with van der Waals surface area (Å²) in [4.78, 5) is 10.7. The van der Waals surface area contributed by atoms with Crippen LogP contribution in [0.2, 0.25) is 0 Å². The van der Waals surface area contributed by atoms with E-state index >= 15 is 0 Å². The van der Waals surface area contributed by atoms with E-state index in [1.807, 2.05) is 0 Å². The maximum Gasteiger partial charge on any atom is 0.335 e. The Morgan fingerprint density at radius 2 is 2.14 bits per heavy atom. The molecule has 4 N–H and O–H groups in total. The van der Waals surface area contributed by atoms with Crippen molar-refractivity contribution in [2.75, 3.05) is 12.3 Å². The van der Waals surface area contributed by atoms with Crippen molar-refractivity contribution >= 4 is 21.7 Å². The Labute approximate surface area is 123 Å². The number of nitrogens with one attached hydrogen (secondary N) is 1. The number of allylic oxidation sites excluding steroid dienone is 2. The van der Waals surface area contributed by atoms with Gasteiger partial charge in [0.05, 0.1) is 11.3 Å². The van der Waals surface area contributed by atoms with Crippen LogP contribution in [0.25, 0.3) is 0 Å². The van der Waals surface area contributed by atoms with E-state index in [0.29, 0.717) is 6.54 Å². The molecule has 2 rings (SSSR count). The minimum Gasteiger partial charge on any atom is -0.478 e. The lowest BCUT2D eigenvalue weighted by Gasteiger charge is -2.18. The fourth-order valence-electron chi connectivity index (χ4n) is 2.27. The van der Waals surface area contributed by atoms with E-state index in [4.69, 9.17) is 10.8 Å². The van der Waals surface area contributed by atoms with Gasteiger partial charge in [-0.1, -0.05) is 12.2 Å². The lowest BCUT2D eigenvalue weighted by molar-refractivity contribution is 0.0697. The molecule has 1 atom stereocenters. The summed E-state index contributed by atoms with van der Waals surface area (Å²) < 4.78 is 27.0. The molecule has 0 bridgehead atoms. The summed E-state index contributed by atoms with van der Waals surface area (Å²) in [5, 5.41) is 8.85. The first-order valence-electron chi connectivity index (χ1n) is 6.67. The standard InChI is InChI=1S/C14H18N2O4S/c15-12-8-11(14(17)18)6-7-13(12)21(19,20)16-9-10-4-2-1-3-5-10/h1-2,6-8,10,16H,3-5,9,15H2,(H,17,18). The van der Waals surface area contributed by atoms with Gasteiger partial charge in [-0.3, -0.25) is 0 Å². The first kappa shape index (κ1) is 15.5. The molecule has 1 aromatic rings. The van der Waals surface area contributed by atoms with Gasteiger partial charge >= 0.3 is 5.97 Å². The molecule has 0 heterocycles. The van der Waals surface area contributed by atoms with E-state index in [-0.39, 0.29) is 22.1 Å². The number of carboxylic acid groups (broad SMARTS) is 1. The molecule has 0 aliphatic heterocycles. The van der Waals surface area contributed by atoms with E-state index in [0.717, 1.165) is 25.3 Å². The Balaban J connectivity index is 2.12. The molecule has 1 aromatic carbocycles. The quantitative estimate of drug-likeness (QED) is 0.565. The second-order valence-electron chi connectivity index (χ2n) is 5.06. The molecule has 6 nitrogen and oxygen atoms in total. The van der Waals surface area contributed by atoms with Crippen LogP contribution in [0, 0.1) is 5.92 Å². The fraction of sp³-hybridized carbons (Fsp3) is 0.357. The molecule has 1 aliphatic rings. The van der Waals surface area contributed by atoms with Gasteiger partial charge in [0, 0.05) is 6.54 Å². The zero-order valence-corrected chi connectivity index (χ0v) is 12.3. The van der Waals surface area contributed by atoms with Crippen molar-refractivity contribution in [1.82, 2.24) is 4.72 Å². The molecule has 21 heavy (non-hydrogen) atoms. The van der Waals surface area contributed by atoms with E-state index < -0.39 is 16.0 Å². The number of carbonyl (C=O) groups is 1. The molecule has 0 amide bonds. The number of carboxylic acids is 1. The number of nitrogens with two attached hydrogens (primary N) is 1. The van der Waals surface area contributed by atoms with Crippen LogP contribution < -0.4 is 10.5 Å². The van der Waals surface area contributed by atoms with Crippen molar-refractivity contribution in [2.45, 2.75) is 24.2 Å². The molecule has 0 radical (unpaired) electrons. The summed E-state index contributed by atoms with van der Waals surface area (Å²) in [5.41, 5.74) is 5.56. The van der Waals surface area contributed by atoms with E-state index in [2.05, 4.69) is 16.9 Å². The van der Waals surface area contributed by atoms with Gasteiger partial charge in [0.15, 0.2) is 0 Å². The van der Waals surface area contributed by atoms with E-state index in [9.17, 15) is 13.2 Å². The molecule has 1 unspecified atom stereocenters. The van der Waals surface area contributed by atoms with Crippen molar-refractivity contribution in [3.8, 4) is 0 Å². The number of aromatic carboxylic acids is 1. The van der Waals surface area contributed by atoms with Crippen LogP contribution in [0.4, 0.5) is 5.69 Å². The molecule has 7 heteroatoms. The van der Waals surface area contributed by atoms with Gasteiger partial charge < -0.3 is 10.8 Å². The number of hydrogen-bond acceptors (Lipinski definition) is 4. The molecular formula is C14H18N2O4S. The van der Waals surface area contributed by atoms with Crippen LogP contribution in [0.5, 0.6) is 0 Å². The summed E-state index contributed by atoms with van der Waals surface area (Å²) in [7, 11) is -3.72. The van der Waals surface area contributed by atoms with Crippen LogP contribution >= 0.6 is 0 Å². The summed E-state index contributed by atoms with van der Waals surface area (Å²) in [6.07, 6.45) is 6.91. The number of nitrogen functional groups attached to an aromatic ring is 1. The molecule has 0 aromatic heterocycles. The monoisotopic (exact) mass is 310 g/mol. The second-order valence-corrected chi connectivity index (χ2v) is 6.80. The van der Waals surface area contributed by atoms with Crippen LogP contribution in [-0.4, -0.2) is 26.0 Å². The molecule has 114 valence electrons. The maximum absolute atomic E-state index is 12.2. The highest BCUT2D eigenvalue weighted by atomic mass is 32.2. The Kier molecular flexibility index (Phi) is 4.64. The first-order chi connectivity index (χ1) is 9.90. The van der Waals surface area contributed by atoms with E-state index in [1.165, 1.54) is 12.1 Å². The van der Waals surface area contributed by atoms with Gasteiger partial charge in [-0.25, -0.2) is 17.9 Å². The van der Waals surface area contributed by atoms with E-state index in [1.54, 1.807) is 0 Å². The Hall–Kier alpha value is -1.86. The largest absolute Gasteiger partial charge is 0.478 e. The lowest BCUT2D eigenvalue weighted by Crippen LogP contribution is -2.30. The van der Waals surface area contributed by atoms with Gasteiger partial charge in [-0.15, -0.1) is 0 Å². The van der Waals surface area contributed by atoms with Gasteiger partial charge in [-0.2, -0.15) is 0 Å². The Bertz CT molecular complexity index is 668. The molecular weight excluding hydrogens is 292 g/mol. The lowest BCUT2D eigenvalue weighted by atomic mass is 9.95. The molecule has 0 spiro atoms. The highest BCUT2D eigenvalue weighted by Crippen LogP contribution is 2.21. The zero-order chi connectivity index (χ0) is 15.5. The number of sulfonamides is 1. The van der Waals surface area contributed by atoms with Gasteiger partial charge in [0.2, 0.25) is 10.0 Å². The van der Waals surface area contributed by atoms with Crippen LogP contribution in [0.1, 0.15) is 29.6 Å². The Morgan fingerprint density at radius 1 is 1.38 bits per heavy atom. The van der Waals surface area contributed by atoms with Crippen LogP contribution in [-0.2, 0) is 10.0 Å². The zero-order valence-electron chi connectivity index (χ0n) is 11.5. The maximum atomic E-state index is 12.2. The molecule has 0 fully saturated rings. The highest BCUT2D eigenvalue weighted by molar-refractivity contribution is 7.89. The first-order valence-corrected chi connectivity index (χ1v) is 8.16. The summed E-state index contributed by atoms with van der Waals surface area (Å²) >= 11 is 0. The summed E-state index contributed by atoms with van der Waals surface area (Å²) in [6.45, 7) is 0.354. The van der Waals surface area contributed by atoms with Crippen molar-refractivity contribution in [3.05, 3.63) is 35.9 Å². The van der Waals surface area contributed by atoms with Gasteiger partial charge in [0.25, 0.3) is 0 Å². The van der Waals surface area contributed by atoms with Crippen molar-refractivity contribution in [2.24, 2.45) is 5.92 Å². The number of benzene rings is 1. The van der Waals surface area contributed by atoms with Crippen molar-refractivity contribution in [3.63, 3.8) is 0 Å². The predicted molar refractivity (Wildman–Crippen MR) is 79.5 cm³/mol. The third kappa shape index (κ3) is 3.83. The van der Waals surface area contributed by atoms with Gasteiger partial charge in [0.1, 0.15) is 4.90 Å². The second kappa shape index (κ2) is 6.28. The minimum atomic E-state index is -3.72. The minimum absolute atomic E-state index is 0.0381. The average Bonchev–Trinajstić information content (AvgIpc) is 2.46. The third-order valence-electron chi connectivity index (χ3n) is 3.49. The highest BCUT2D eigenvalue weighted by Gasteiger charge is 2.20. The molecule has 1 aliphatic carbocycles. The summed E-state index contributed by atoms with van der Waals surface area (Å²) in [6, 6.07) is 3.61. The number of anilines is 1. The van der Waals surface area contributed by atoms with Gasteiger partial charge in [-0.05, 0) is 43.4 Å². The van der Waals surface area contributed by atoms with Crippen LogP contribution in [0.3, 0.4) is 0 Å². The Morgan fingerprint density at radius 3 is 2.71 bits per heavy atom. The molecule has 0 saturated heterocycles. The topological polar surface area (TPSA) is 109 Å². The fourth-order valence-corrected chi connectivity index (χ4v) is 3.50. The number of hydrogen-bond donors (Lipinski definition) is 3. The SMILES string of the molecule is Nc1cc(C(=O)O)ccc1S(=O)(=O)NCC1CC=CCC1. The van der Waals surface area contributed by atoms with Crippen LogP contribution in [0.15, 0.2) is 35.2 Å².